The minimum atomic E-state index is -1.24. The number of phenolic OH excluding ortho intramolecular Hbond substituents is 1. The van der Waals surface area contributed by atoms with Crippen molar-refractivity contribution in [1.82, 2.24) is 0 Å². The molecule has 0 fully saturated rings. The molecule has 1 atom stereocenters. The Labute approximate surface area is 101 Å². The number of nitrogens with two attached hydrogens (primary N) is 1. The topological polar surface area (TPSA) is 72.6 Å². The van der Waals surface area contributed by atoms with Gasteiger partial charge in [-0.1, -0.05) is 18.2 Å². The highest BCUT2D eigenvalue weighted by Gasteiger charge is 2.36. The van der Waals surface area contributed by atoms with E-state index >= 15 is 0 Å². The first-order chi connectivity index (χ1) is 8.04. The molecular weight excluding hydrogens is 218 g/mol. The molecule has 0 spiro atoms. The summed E-state index contributed by atoms with van der Waals surface area (Å²) in [6.07, 6.45) is 1.85. The Morgan fingerprint density at radius 1 is 1.53 bits per heavy atom. The lowest BCUT2D eigenvalue weighted by atomic mass is 9.87. The number of carbonyl (C=O) groups is 1. The van der Waals surface area contributed by atoms with Crippen LogP contribution in [0.1, 0.15) is 18.9 Å². The van der Waals surface area contributed by atoms with Crippen LogP contribution in [0.2, 0.25) is 0 Å². The van der Waals surface area contributed by atoms with E-state index in [1.807, 2.05) is 0 Å². The molecule has 0 saturated heterocycles. The molecule has 0 radical (unpaired) electrons. The molecule has 0 amide bonds. The number of ether oxygens (including phenoxy) is 1. The summed E-state index contributed by atoms with van der Waals surface area (Å²) in [4.78, 5) is 11.9. The van der Waals surface area contributed by atoms with Crippen LogP contribution in [0.25, 0.3) is 0 Å². The summed E-state index contributed by atoms with van der Waals surface area (Å²) in [7, 11) is 0. The maximum atomic E-state index is 11.9. The van der Waals surface area contributed by atoms with Gasteiger partial charge in [0.1, 0.15) is 11.3 Å². The van der Waals surface area contributed by atoms with Gasteiger partial charge in [-0.3, -0.25) is 0 Å². The van der Waals surface area contributed by atoms with E-state index in [4.69, 9.17) is 10.5 Å². The summed E-state index contributed by atoms with van der Waals surface area (Å²) in [5, 5.41) is 9.22. The molecule has 0 saturated carbocycles. The molecule has 0 aromatic heterocycles. The summed E-state index contributed by atoms with van der Waals surface area (Å²) < 4.78 is 4.97. The SMILES string of the molecule is C=CCC(N)(C(=O)OCC)c1ccc(O)cc1. The summed E-state index contributed by atoms with van der Waals surface area (Å²) >= 11 is 0. The molecule has 1 rings (SSSR count). The van der Waals surface area contributed by atoms with Crippen molar-refractivity contribution in [3.8, 4) is 5.75 Å². The lowest BCUT2D eigenvalue weighted by Crippen LogP contribution is -2.45. The molecule has 17 heavy (non-hydrogen) atoms. The summed E-state index contributed by atoms with van der Waals surface area (Å²) in [5.74, 6) is -0.371. The Hall–Kier alpha value is -1.81. The van der Waals surface area contributed by atoms with Crippen molar-refractivity contribution < 1.29 is 14.6 Å². The number of aromatic hydroxyl groups is 1. The highest BCUT2D eigenvalue weighted by Crippen LogP contribution is 2.26. The molecule has 4 nitrogen and oxygen atoms in total. The second-order valence-electron chi connectivity index (χ2n) is 3.73. The van der Waals surface area contributed by atoms with E-state index in [1.54, 1.807) is 25.1 Å². The van der Waals surface area contributed by atoms with Crippen molar-refractivity contribution >= 4 is 5.97 Å². The van der Waals surface area contributed by atoms with E-state index in [1.165, 1.54) is 12.1 Å². The largest absolute Gasteiger partial charge is 0.508 e. The van der Waals surface area contributed by atoms with Gasteiger partial charge in [-0.05, 0) is 31.0 Å². The van der Waals surface area contributed by atoms with Gasteiger partial charge >= 0.3 is 5.97 Å². The predicted octanol–water partition coefficient (Wildman–Crippen LogP) is 1.69. The van der Waals surface area contributed by atoms with Crippen LogP contribution >= 0.6 is 0 Å². The van der Waals surface area contributed by atoms with Gasteiger partial charge in [0.15, 0.2) is 0 Å². The highest BCUT2D eigenvalue weighted by molar-refractivity contribution is 5.82. The fourth-order valence-electron chi connectivity index (χ4n) is 1.57. The first-order valence-electron chi connectivity index (χ1n) is 5.41. The van der Waals surface area contributed by atoms with Gasteiger partial charge in [0, 0.05) is 0 Å². The van der Waals surface area contributed by atoms with E-state index in [-0.39, 0.29) is 18.8 Å². The Morgan fingerprint density at radius 3 is 2.59 bits per heavy atom. The number of carbonyl (C=O) groups excluding carboxylic acids is 1. The third-order valence-electron chi connectivity index (χ3n) is 2.49. The molecule has 0 aliphatic heterocycles. The number of rotatable bonds is 5. The van der Waals surface area contributed by atoms with Crippen LogP contribution in [-0.4, -0.2) is 17.7 Å². The molecule has 0 bridgehead atoms. The number of phenols is 1. The quantitative estimate of drug-likeness (QED) is 0.601. The van der Waals surface area contributed by atoms with Gasteiger partial charge in [0.2, 0.25) is 0 Å². The molecule has 1 aromatic carbocycles. The van der Waals surface area contributed by atoms with Crippen LogP contribution in [0.5, 0.6) is 5.75 Å². The summed E-state index contributed by atoms with van der Waals surface area (Å²) in [5.41, 5.74) is 5.43. The standard InChI is InChI=1S/C13H17NO3/c1-3-9-13(14,12(16)17-4-2)10-5-7-11(15)8-6-10/h3,5-8,15H,1,4,9,14H2,2H3. The number of esters is 1. The molecule has 4 heteroatoms. The molecule has 3 N–H and O–H groups in total. The lowest BCUT2D eigenvalue weighted by Gasteiger charge is -2.26. The second kappa shape index (κ2) is 5.50. The van der Waals surface area contributed by atoms with Crippen LogP contribution in [0.15, 0.2) is 36.9 Å². The van der Waals surface area contributed by atoms with E-state index in [0.29, 0.717) is 5.56 Å². The lowest BCUT2D eigenvalue weighted by molar-refractivity contribution is -0.150. The molecular formula is C13H17NO3. The van der Waals surface area contributed by atoms with Crippen molar-refractivity contribution in [3.05, 3.63) is 42.5 Å². The monoisotopic (exact) mass is 235 g/mol. The van der Waals surface area contributed by atoms with Crippen LogP contribution < -0.4 is 5.73 Å². The van der Waals surface area contributed by atoms with Crippen molar-refractivity contribution in [3.63, 3.8) is 0 Å². The van der Waals surface area contributed by atoms with Crippen LogP contribution in [0.4, 0.5) is 0 Å². The minimum absolute atomic E-state index is 0.124. The van der Waals surface area contributed by atoms with Crippen molar-refractivity contribution in [2.24, 2.45) is 5.73 Å². The average molecular weight is 235 g/mol. The number of hydrogen-bond donors (Lipinski definition) is 2. The van der Waals surface area contributed by atoms with Crippen LogP contribution in [0.3, 0.4) is 0 Å². The first-order valence-corrected chi connectivity index (χ1v) is 5.41. The normalized spacial score (nSPS) is 13.8. The van der Waals surface area contributed by atoms with Gasteiger partial charge < -0.3 is 15.6 Å². The maximum absolute atomic E-state index is 11.9. The molecule has 0 aliphatic rings. The maximum Gasteiger partial charge on any atom is 0.331 e. The van der Waals surface area contributed by atoms with E-state index in [2.05, 4.69) is 6.58 Å². The number of hydrogen-bond acceptors (Lipinski definition) is 4. The molecule has 1 aromatic rings. The van der Waals surface area contributed by atoms with E-state index in [9.17, 15) is 9.90 Å². The van der Waals surface area contributed by atoms with Crippen LogP contribution in [-0.2, 0) is 15.1 Å². The Balaban J connectivity index is 3.10. The van der Waals surface area contributed by atoms with Crippen molar-refractivity contribution in [1.29, 1.82) is 0 Å². The zero-order valence-electron chi connectivity index (χ0n) is 9.85. The molecule has 0 aliphatic carbocycles. The fourth-order valence-corrected chi connectivity index (χ4v) is 1.57. The van der Waals surface area contributed by atoms with Gasteiger partial charge in [-0.25, -0.2) is 4.79 Å². The Bertz CT molecular complexity index is 400. The Kier molecular flexibility index (Phi) is 4.29. The highest BCUT2D eigenvalue weighted by atomic mass is 16.5. The minimum Gasteiger partial charge on any atom is -0.508 e. The molecule has 92 valence electrons. The van der Waals surface area contributed by atoms with Gasteiger partial charge in [-0.15, -0.1) is 6.58 Å². The number of benzene rings is 1. The predicted molar refractivity (Wildman–Crippen MR) is 65.4 cm³/mol. The zero-order chi connectivity index (χ0) is 12.9. The second-order valence-corrected chi connectivity index (χ2v) is 3.73. The smallest absolute Gasteiger partial charge is 0.331 e. The fraction of sp³-hybridized carbons (Fsp3) is 0.308. The van der Waals surface area contributed by atoms with E-state index in [0.717, 1.165) is 0 Å². The van der Waals surface area contributed by atoms with Gasteiger partial charge in [0.05, 0.1) is 6.61 Å². The molecule has 1 unspecified atom stereocenters. The third-order valence-corrected chi connectivity index (χ3v) is 2.49. The molecule has 0 heterocycles. The van der Waals surface area contributed by atoms with Gasteiger partial charge in [0.25, 0.3) is 0 Å². The van der Waals surface area contributed by atoms with Gasteiger partial charge in [-0.2, -0.15) is 0 Å². The summed E-state index contributed by atoms with van der Waals surface area (Å²) in [6, 6.07) is 6.18. The summed E-state index contributed by atoms with van der Waals surface area (Å²) in [6.45, 7) is 5.59. The Morgan fingerprint density at radius 2 is 2.12 bits per heavy atom. The van der Waals surface area contributed by atoms with Crippen LogP contribution in [0, 0.1) is 0 Å². The van der Waals surface area contributed by atoms with Crippen molar-refractivity contribution in [2.75, 3.05) is 6.61 Å². The van der Waals surface area contributed by atoms with E-state index < -0.39 is 11.5 Å². The average Bonchev–Trinajstić information content (AvgIpc) is 2.30. The van der Waals surface area contributed by atoms with Crippen molar-refractivity contribution in [2.45, 2.75) is 18.9 Å². The third kappa shape index (κ3) is 2.85. The first kappa shape index (κ1) is 13.3. The zero-order valence-corrected chi connectivity index (χ0v) is 9.85.